The fourth-order valence-corrected chi connectivity index (χ4v) is 3.28. The van der Waals surface area contributed by atoms with E-state index in [0.717, 1.165) is 26.1 Å². The molecule has 224 valence electrons. The molecule has 0 spiro atoms. The van der Waals surface area contributed by atoms with Gasteiger partial charge in [0.1, 0.15) is 0 Å². The van der Waals surface area contributed by atoms with Crippen LogP contribution in [-0.4, -0.2) is 106 Å². The molecule has 0 aromatic rings. The zero-order valence-electron chi connectivity index (χ0n) is 24.5. The number of hydrogen-bond donors (Lipinski definition) is 0. The summed E-state index contributed by atoms with van der Waals surface area (Å²) < 4.78 is 44.1. The lowest BCUT2D eigenvalue weighted by Gasteiger charge is -2.10. The van der Waals surface area contributed by atoms with Gasteiger partial charge in [-0.15, -0.1) is 0 Å². The molecule has 0 amide bonds. The predicted molar refractivity (Wildman–Crippen MR) is 149 cm³/mol. The minimum atomic E-state index is 0.551. The van der Waals surface area contributed by atoms with Gasteiger partial charge in [-0.1, -0.05) is 72.1 Å². The summed E-state index contributed by atoms with van der Waals surface area (Å²) in [6.07, 6.45) is 11.7. The van der Waals surface area contributed by atoms with Crippen molar-refractivity contribution in [2.75, 3.05) is 106 Å². The molecule has 0 aliphatic heterocycles. The van der Waals surface area contributed by atoms with Crippen LogP contribution in [0.25, 0.3) is 0 Å². The van der Waals surface area contributed by atoms with Crippen molar-refractivity contribution in [3.63, 3.8) is 0 Å². The van der Waals surface area contributed by atoms with E-state index in [1.165, 1.54) is 44.9 Å². The Morgan fingerprint density at radius 3 is 1.00 bits per heavy atom. The summed E-state index contributed by atoms with van der Waals surface area (Å²) in [5.41, 5.74) is 0. The van der Waals surface area contributed by atoms with Gasteiger partial charge in [-0.2, -0.15) is 0 Å². The normalized spacial score (nSPS) is 12.4. The van der Waals surface area contributed by atoms with E-state index in [9.17, 15) is 0 Å². The Bertz CT molecular complexity index is 400. The van der Waals surface area contributed by atoms with Crippen molar-refractivity contribution >= 4 is 0 Å². The first-order chi connectivity index (χ1) is 18.3. The van der Waals surface area contributed by atoms with Gasteiger partial charge in [-0.3, -0.25) is 0 Å². The van der Waals surface area contributed by atoms with Crippen molar-refractivity contribution in [3.8, 4) is 0 Å². The smallest absolute Gasteiger partial charge is 0.0701 e. The fourth-order valence-electron chi connectivity index (χ4n) is 3.28. The maximum Gasteiger partial charge on any atom is 0.0701 e. The van der Waals surface area contributed by atoms with Crippen LogP contribution in [0.5, 0.6) is 0 Å². The molecular weight excluding hydrogens is 476 g/mol. The summed E-state index contributed by atoms with van der Waals surface area (Å²) >= 11 is 0. The highest BCUT2D eigenvalue weighted by molar-refractivity contribution is 4.47. The third-order valence-corrected chi connectivity index (χ3v) is 5.85. The van der Waals surface area contributed by atoms with Crippen LogP contribution in [0.2, 0.25) is 0 Å². The van der Waals surface area contributed by atoms with E-state index in [2.05, 4.69) is 20.8 Å². The summed E-state index contributed by atoms with van der Waals surface area (Å²) in [5.74, 6) is 0.608. The Labute approximate surface area is 228 Å². The molecule has 0 aromatic carbocycles. The monoisotopic (exact) mass is 536 g/mol. The molecule has 0 aromatic heterocycles. The third kappa shape index (κ3) is 33.7. The molecule has 0 saturated heterocycles. The molecular formula is C29H60O8. The van der Waals surface area contributed by atoms with Crippen LogP contribution < -0.4 is 0 Å². The molecule has 0 radical (unpaired) electrons. The lowest BCUT2D eigenvalue weighted by molar-refractivity contribution is -0.0238. The Morgan fingerprint density at radius 1 is 0.351 bits per heavy atom. The minimum absolute atomic E-state index is 0.551. The van der Waals surface area contributed by atoms with Crippen molar-refractivity contribution < 1.29 is 37.9 Å². The molecule has 0 fully saturated rings. The summed E-state index contributed by atoms with van der Waals surface area (Å²) in [6, 6.07) is 0. The predicted octanol–water partition coefficient (Wildman–Crippen LogP) is 5.31. The first-order valence-corrected chi connectivity index (χ1v) is 14.9. The van der Waals surface area contributed by atoms with Crippen LogP contribution >= 0.6 is 0 Å². The third-order valence-electron chi connectivity index (χ3n) is 5.85. The molecule has 8 heteroatoms. The SMILES string of the molecule is CCCCCCCCCCOCCOCCOCCOCCOCCOCCOCCOCC(C)CC. The van der Waals surface area contributed by atoms with Crippen LogP contribution in [-0.2, 0) is 37.9 Å². The standard InChI is InChI=1S/C29H60O8/c1-4-6-7-8-9-10-11-12-13-30-14-15-31-16-17-32-18-19-33-20-21-34-22-23-35-24-25-36-26-27-37-28-29(3)5-2/h29H,4-28H2,1-3H3. The zero-order valence-corrected chi connectivity index (χ0v) is 24.5. The second-order valence-electron chi connectivity index (χ2n) is 9.35. The van der Waals surface area contributed by atoms with Crippen LogP contribution in [0.4, 0.5) is 0 Å². The van der Waals surface area contributed by atoms with Crippen LogP contribution in [0.15, 0.2) is 0 Å². The van der Waals surface area contributed by atoms with E-state index in [-0.39, 0.29) is 0 Å². The number of rotatable bonds is 33. The molecule has 8 nitrogen and oxygen atoms in total. The van der Waals surface area contributed by atoms with Crippen molar-refractivity contribution in [1.82, 2.24) is 0 Å². The van der Waals surface area contributed by atoms with Gasteiger partial charge >= 0.3 is 0 Å². The first kappa shape index (κ1) is 36.7. The van der Waals surface area contributed by atoms with Gasteiger partial charge in [-0.05, 0) is 12.3 Å². The van der Waals surface area contributed by atoms with Crippen molar-refractivity contribution in [3.05, 3.63) is 0 Å². The van der Waals surface area contributed by atoms with Gasteiger partial charge in [-0.25, -0.2) is 0 Å². The Kier molecular flexibility index (Phi) is 33.4. The van der Waals surface area contributed by atoms with Gasteiger partial charge in [0.25, 0.3) is 0 Å². The van der Waals surface area contributed by atoms with Crippen LogP contribution in [0.3, 0.4) is 0 Å². The largest absolute Gasteiger partial charge is 0.379 e. The van der Waals surface area contributed by atoms with E-state index in [4.69, 9.17) is 37.9 Å². The quantitative estimate of drug-likeness (QED) is 0.105. The Morgan fingerprint density at radius 2 is 0.649 bits per heavy atom. The average molecular weight is 537 g/mol. The van der Waals surface area contributed by atoms with Gasteiger partial charge in [0.15, 0.2) is 0 Å². The molecule has 0 bridgehead atoms. The fraction of sp³-hybridized carbons (Fsp3) is 1.00. The molecule has 1 unspecified atom stereocenters. The van der Waals surface area contributed by atoms with Crippen molar-refractivity contribution in [2.24, 2.45) is 5.92 Å². The van der Waals surface area contributed by atoms with E-state index in [1.54, 1.807) is 0 Å². The lowest BCUT2D eigenvalue weighted by Crippen LogP contribution is -2.15. The van der Waals surface area contributed by atoms with Gasteiger partial charge in [0.2, 0.25) is 0 Å². The van der Waals surface area contributed by atoms with Crippen molar-refractivity contribution in [2.45, 2.75) is 78.6 Å². The van der Waals surface area contributed by atoms with Gasteiger partial charge < -0.3 is 37.9 Å². The van der Waals surface area contributed by atoms with Crippen LogP contribution in [0.1, 0.15) is 78.6 Å². The average Bonchev–Trinajstić information content (AvgIpc) is 2.91. The minimum Gasteiger partial charge on any atom is -0.379 e. The summed E-state index contributed by atoms with van der Waals surface area (Å²) in [7, 11) is 0. The van der Waals surface area contributed by atoms with E-state index >= 15 is 0 Å². The molecule has 0 N–H and O–H groups in total. The second kappa shape index (κ2) is 33.7. The topological polar surface area (TPSA) is 73.8 Å². The lowest BCUT2D eigenvalue weighted by atomic mass is 10.1. The maximum absolute atomic E-state index is 5.61. The molecule has 0 rings (SSSR count). The highest BCUT2D eigenvalue weighted by atomic mass is 16.6. The first-order valence-electron chi connectivity index (χ1n) is 14.9. The summed E-state index contributed by atoms with van der Waals surface area (Å²) in [5, 5.41) is 0. The van der Waals surface area contributed by atoms with Crippen LogP contribution in [0, 0.1) is 5.92 Å². The highest BCUT2D eigenvalue weighted by Crippen LogP contribution is 2.08. The van der Waals surface area contributed by atoms with Gasteiger partial charge in [0, 0.05) is 13.2 Å². The summed E-state index contributed by atoms with van der Waals surface area (Å²) in [4.78, 5) is 0. The Balaban J connectivity index is 3.02. The molecule has 0 aliphatic carbocycles. The second-order valence-corrected chi connectivity index (χ2v) is 9.35. The highest BCUT2D eigenvalue weighted by Gasteiger charge is 1.98. The van der Waals surface area contributed by atoms with E-state index < -0.39 is 0 Å². The molecule has 1 atom stereocenters. The van der Waals surface area contributed by atoms with E-state index in [1.807, 2.05) is 0 Å². The zero-order chi connectivity index (χ0) is 26.9. The maximum atomic E-state index is 5.61. The number of unbranched alkanes of at least 4 members (excludes halogenated alkanes) is 7. The molecule has 0 saturated carbocycles. The van der Waals surface area contributed by atoms with Crippen molar-refractivity contribution in [1.29, 1.82) is 0 Å². The van der Waals surface area contributed by atoms with E-state index in [0.29, 0.717) is 98.4 Å². The summed E-state index contributed by atoms with van der Waals surface area (Å²) in [6.45, 7) is 16.4. The number of hydrogen-bond acceptors (Lipinski definition) is 8. The molecule has 37 heavy (non-hydrogen) atoms. The number of ether oxygens (including phenoxy) is 8. The molecule has 0 heterocycles. The van der Waals surface area contributed by atoms with Gasteiger partial charge in [0.05, 0.1) is 92.5 Å². The Hall–Kier alpha value is -0.320. The molecule has 0 aliphatic rings.